The van der Waals surface area contributed by atoms with Gasteiger partial charge in [-0.15, -0.1) is 0 Å². The zero-order chi connectivity index (χ0) is 20.3. The van der Waals surface area contributed by atoms with Crippen LogP contribution in [0.5, 0.6) is 0 Å². The van der Waals surface area contributed by atoms with Crippen LogP contribution in [-0.4, -0.2) is 10.8 Å². The summed E-state index contributed by atoms with van der Waals surface area (Å²) < 4.78 is 0. The number of ketones is 1. The lowest BCUT2D eigenvalue weighted by Gasteiger charge is -2.15. The predicted octanol–water partition coefficient (Wildman–Crippen LogP) is 5.27. The first-order chi connectivity index (χ1) is 13.4. The Morgan fingerprint density at radius 3 is 2.29 bits per heavy atom. The Hall–Kier alpha value is -2.94. The van der Waals surface area contributed by atoms with Gasteiger partial charge in [-0.2, -0.15) is 0 Å². The number of aryl methyl sites for hydroxylation is 3. The molecular weight excluding hydrogens is 346 g/mol. The number of hydrogen-bond acceptors (Lipinski definition) is 2. The number of aromatic nitrogens is 1. The summed E-state index contributed by atoms with van der Waals surface area (Å²) >= 11 is 0. The number of carbonyl (C=O) groups is 1. The van der Waals surface area contributed by atoms with E-state index in [0.29, 0.717) is 18.4 Å². The van der Waals surface area contributed by atoms with Crippen LogP contribution in [0.1, 0.15) is 63.1 Å². The average Bonchev–Trinajstić information content (AvgIpc) is 2.67. The average molecular weight is 373 g/mol. The minimum absolute atomic E-state index is 0.0794. The molecule has 0 amide bonds. The molecule has 28 heavy (non-hydrogen) atoms. The van der Waals surface area contributed by atoms with Crippen molar-refractivity contribution >= 4 is 5.78 Å². The molecule has 3 aromatic rings. The lowest BCUT2D eigenvalue weighted by Crippen LogP contribution is -2.17. The smallest absolute Gasteiger partial charge is 0.251 e. The maximum absolute atomic E-state index is 12.8. The van der Waals surface area contributed by atoms with Crippen LogP contribution >= 0.6 is 0 Å². The molecule has 2 aromatic carbocycles. The van der Waals surface area contributed by atoms with E-state index in [1.165, 1.54) is 11.1 Å². The summed E-state index contributed by atoms with van der Waals surface area (Å²) in [5, 5.41) is 0. The molecule has 0 aliphatic heterocycles. The Kier molecular flexibility index (Phi) is 5.93. The van der Waals surface area contributed by atoms with Gasteiger partial charge in [0.15, 0.2) is 5.78 Å². The third-order valence-corrected chi connectivity index (χ3v) is 5.45. The largest absolute Gasteiger partial charge is 0.326 e. The zero-order valence-electron chi connectivity index (χ0n) is 17.0. The van der Waals surface area contributed by atoms with Gasteiger partial charge >= 0.3 is 0 Å². The fourth-order valence-corrected chi connectivity index (χ4v) is 3.77. The Morgan fingerprint density at radius 1 is 0.929 bits per heavy atom. The topological polar surface area (TPSA) is 49.9 Å². The summed E-state index contributed by atoms with van der Waals surface area (Å²) in [5.41, 5.74) is 6.58. The Morgan fingerprint density at radius 2 is 1.64 bits per heavy atom. The minimum Gasteiger partial charge on any atom is -0.326 e. The molecule has 144 valence electrons. The van der Waals surface area contributed by atoms with Crippen LogP contribution in [-0.2, 0) is 6.42 Å². The fraction of sp³-hybridized carbons (Fsp3) is 0.280. The van der Waals surface area contributed by atoms with Crippen LogP contribution in [0.25, 0.3) is 0 Å². The quantitative estimate of drug-likeness (QED) is 0.599. The molecule has 3 nitrogen and oxygen atoms in total. The molecular formula is C25H27NO2. The minimum atomic E-state index is -0.0888. The van der Waals surface area contributed by atoms with Gasteiger partial charge in [-0.25, -0.2) is 0 Å². The van der Waals surface area contributed by atoms with Crippen molar-refractivity contribution in [2.75, 3.05) is 0 Å². The van der Waals surface area contributed by atoms with Gasteiger partial charge < -0.3 is 4.98 Å². The van der Waals surface area contributed by atoms with Gasteiger partial charge in [0.25, 0.3) is 5.56 Å². The van der Waals surface area contributed by atoms with Gasteiger partial charge in [-0.05, 0) is 55.5 Å². The number of rotatable bonds is 6. The Bertz CT molecular complexity index is 1050. The molecule has 0 spiro atoms. The highest BCUT2D eigenvalue weighted by atomic mass is 16.1. The van der Waals surface area contributed by atoms with Crippen LogP contribution in [0.3, 0.4) is 0 Å². The van der Waals surface area contributed by atoms with Crippen LogP contribution < -0.4 is 5.56 Å². The van der Waals surface area contributed by atoms with Gasteiger partial charge in [0, 0.05) is 29.2 Å². The molecule has 0 unspecified atom stereocenters. The summed E-state index contributed by atoms with van der Waals surface area (Å²) in [6.45, 7) is 7.95. The monoisotopic (exact) mass is 373 g/mol. The lowest BCUT2D eigenvalue weighted by molar-refractivity contribution is 0.0982. The lowest BCUT2D eigenvalue weighted by atomic mass is 9.89. The number of H-pyrrole nitrogens is 1. The highest BCUT2D eigenvalue weighted by Gasteiger charge is 2.15. The van der Waals surface area contributed by atoms with E-state index in [9.17, 15) is 9.59 Å². The van der Waals surface area contributed by atoms with Crippen molar-refractivity contribution in [2.45, 2.75) is 46.5 Å². The molecule has 0 radical (unpaired) electrons. The second kappa shape index (κ2) is 8.39. The predicted molar refractivity (Wildman–Crippen MR) is 114 cm³/mol. The molecule has 0 saturated carbocycles. The first kappa shape index (κ1) is 19.8. The molecule has 0 aliphatic rings. The first-order valence-electron chi connectivity index (χ1n) is 9.75. The maximum atomic E-state index is 12.8. The number of benzene rings is 2. The van der Waals surface area contributed by atoms with Crippen molar-refractivity contribution < 1.29 is 4.79 Å². The maximum Gasteiger partial charge on any atom is 0.251 e. The van der Waals surface area contributed by atoms with Gasteiger partial charge in [-0.3, -0.25) is 9.59 Å². The van der Waals surface area contributed by atoms with Crippen molar-refractivity contribution in [3.05, 3.63) is 104 Å². The highest BCUT2D eigenvalue weighted by molar-refractivity contribution is 5.97. The molecule has 0 fully saturated rings. The highest BCUT2D eigenvalue weighted by Crippen LogP contribution is 2.26. The van der Waals surface area contributed by atoms with Crippen LogP contribution in [0.15, 0.2) is 59.4 Å². The van der Waals surface area contributed by atoms with Crippen LogP contribution in [0, 0.1) is 20.8 Å². The fourth-order valence-electron chi connectivity index (χ4n) is 3.77. The molecule has 1 atom stereocenters. The number of carbonyl (C=O) groups excluding carboxylic acids is 1. The van der Waals surface area contributed by atoms with Crippen molar-refractivity contribution in [3.8, 4) is 0 Å². The molecule has 1 heterocycles. The van der Waals surface area contributed by atoms with E-state index in [2.05, 4.69) is 30.1 Å². The number of Topliss-reactive ketones (excluding diaryl/α,β-unsaturated/α-hetero) is 1. The molecule has 0 aliphatic carbocycles. The zero-order valence-corrected chi connectivity index (χ0v) is 17.0. The van der Waals surface area contributed by atoms with Crippen LogP contribution in [0.2, 0.25) is 0 Å². The second-order valence-corrected chi connectivity index (χ2v) is 7.57. The van der Waals surface area contributed by atoms with E-state index in [0.717, 1.165) is 22.4 Å². The number of nitrogens with one attached hydrogen (secondary N) is 1. The Balaban J connectivity index is 1.75. The molecule has 1 aromatic heterocycles. The molecule has 3 heteroatoms. The number of aromatic amines is 1. The number of hydrogen-bond donors (Lipinski definition) is 1. The third kappa shape index (κ3) is 4.30. The van der Waals surface area contributed by atoms with Crippen molar-refractivity contribution in [1.29, 1.82) is 0 Å². The van der Waals surface area contributed by atoms with Crippen molar-refractivity contribution in [2.24, 2.45) is 0 Å². The van der Waals surface area contributed by atoms with E-state index in [4.69, 9.17) is 0 Å². The second-order valence-electron chi connectivity index (χ2n) is 7.57. The van der Waals surface area contributed by atoms with E-state index in [1.807, 2.05) is 57.2 Å². The van der Waals surface area contributed by atoms with E-state index >= 15 is 0 Å². The van der Waals surface area contributed by atoms with Gasteiger partial charge in [0.05, 0.1) is 0 Å². The summed E-state index contributed by atoms with van der Waals surface area (Å²) in [7, 11) is 0. The first-order valence-corrected chi connectivity index (χ1v) is 9.75. The van der Waals surface area contributed by atoms with Gasteiger partial charge in [-0.1, -0.05) is 55.5 Å². The van der Waals surface area contributed by atoms with Crippen molar-refractivity contribution in [3.63, 3.8) is 0 Å². The summed E-state index contributed by atoms with van der Waals surface area (Å²) in [5.74, 6) is 0.355. The molecule has 0 bridgehead atoms. The van der Waals surface area contributed by atoms with Crippen LogP contribution in [0.4, 0.5) is 0 Å². The molecule has 1 N–H and O–H groups in total. The third-order valence-electron chi connectivity index (χ3n) is 5.45. The summed E-state index contributed by atoms with van der Waals surface area (Å²) in [6, 6.07) is 18.4. The molecule has 0 saturated heterocycles. The van der Waals surface area contributed by atoms with Crippen molar-refractivity contribution in [1.82, 2.24) is 4.98 Å². The molecule has 3 rings (SSSR count). The normalized spacial score (nSPS) is 12.0. The SMILES string of the molecule is Cc1cc(C)c(CCC(=O)c2ccc([C@H](C)c3ccccc3)cc2C)c(=O)[nH]1. The van der Waals surface area contributed by atoms with Gasteiger partial charge in [0.1, 0.15) is 0 Å². The standard InChI is InChI=1S/C25H27NO2/c1-16-14-18(3)26-25(28)23(16)12-13-24(27)22-11-10-21(15-17(22)2)19(4)20-8-6-5-7-9-20/h5-11,14-15,19H,12-13H2,1-4H3,(H,26,28)/t19-/m1/s1. The van der Waals surface area contributed by atoms with E-state index < -0.39 is 0 Å². The van der Waals surface area contributed by atoms with E-state index in [-0.39, 0.29) is 17.3 Å². The Labute approximate surface area is 166 Å². The van der Waals surface area contributed by atoms with Gasteiger partial charge in [0.2, 0.25) is 0 Å². The summed E-state index contributed by atoms with van der Waals surface area (Å²) in [6.07, 6.45) is 0.795. The van der Waals surface area contributed by atoms with E-state index in [1.54, 1.807) is 0 Å². The number of pyridine rings is 1. The summed E-state index contributed by atoms with van der Waals surface area (Å²) in [4.78, 5) is 27.8.